The number of fused-ring (bicyclic) bond motifs is 2. The lowest BCUT2D eigenvalue weighted by atomic mass is 9.75. The molecule has 4 aliphatic rings. The average Bonchev–Trinajstić information content (AvgIpc) is 3.23. The van der Waals surface area contributed by atoms with E-state index in [4.69, 9.17) is 0 Å². The fraction of sp³-hybridized carbons (Fsp3) is 0.842. The van der Waals surface area contributed by atoms with Crippen molar-refractivity contribution >= 4 is 11.4 Å². The van der Waals surface area contributed by atoms with E-state index >= 15 is 0 Å². The lowest BCUT2D eigenvalue weighted by molar-refractivity contribution is 0.526. The average molecular weight is 549 g/mol. The molecule has 0 aromatic heterocycles. The predicted octanol–water partition coefficient (Wildman–Crippen LogP) is 12.0. The molecule has 1 aromatic carbocycles. The van der Waals surface area contributed by atoms with Crippen LogP contribution in [-0.2, 0) is 12.8 Å². The van der Waals surface area contributed by atoms with Gasteiger partial charge in [-0.15, -0.1) is 0 Å². The van der Waals surface area contributed by atoms with Crippen LogP contribution < -0.4 is 10.6 Å². The van der Waals surface area contributed by atoms with Gasteiger partial charge in [-0.1, -0.05) is 116 Å². The maximum absolute atomic E-state index is 4.27. The Hall–Kier alpha value is -1.18. The molecule has 2 aliphatic heterocycles. The van der Waals surface area contributed by atoms with E-state index in [0.717, 1.165) is 11.8 Å². The maximum Gasteiger partial charge on any atom is 0.0415 e. The molecule has 0 atom stereocenters. The minimum absolute atomic E-state index is 0.760. The molecule has 0 bridgehead atoms. The van der Waals surface area contributed by atoms with Crippen LogP contribution >= 0.6 is 0 Å². The fourth-order valence-corrected chi connectivity index (χ4v) is 8.90. The third kappa shape index (κ3) is 8.44. The smallest absolute Gasteiger partial charge is 0.0415 e. The van der Waals surface area contributed by atoms with Gasteiger partial charge in [0.15, 0.2) is 0 Å². The van der Waals surface area contributed by atoms with E-state index in [0.29, 0.717) is 0 Å². The topological polar surface area (TPSA) is 24.1 Å². The molecule has 40 heavy (non-hydrogen) atoms. The number of rotatable bonds is 2. The van der Waals surface area contributed by atoms with E-state index in [9.17, 15) is 0 Å². The third-order valence-electron chi connectivity index (χ3n) is 11.1. The van der Waals surface area contributed by atoms with Crippen LogP contribution in [0.5, 0.6) is 0 Å². The van der Waals surface area contributed by atoms with Crippen molar-refractivity contribution in [1.82, 2.24) is 0 Å². The summed E-state index contributed by atoms with van der Waals surface area (Å²) in [5.41, 5.74) is 10.6. The molecule has 0 saturated heterocycles. The zero-order chi connectivity index (χ0) is 27.2. The van der Waals surface area contributed by atoms with Gasteiger partial charge in [0, 0.05) is 24.5 Å². The van der Waals surface area contributed by atoms with Crippen LogP contribution in [0.25, 0.3) is 0 Å². The molecule has 2 fully saturated rings. The maximum atomic E-state index is 4.27. The SMILES string of the molecule is C1CCCCc2c(c(C3CCCCCCCC3)c3c(c2C2CCCCCCCC2)NCCCCCC3)NCCC1. The van der Waals surface area contributed by atoms with E-state index in [-0.39, 0.29) is 0 Å². The summed E-state index contributed by atoms with van der Waals surface area (Å²) in [4.78, 5) is 0. The fourth-order valence-electron chi connectivity index (χ4n) is 8.90. The Morgan fingerprint density at radius 1 is 0.325 bits per heavy atom. The summed E-state index contributed by atoms with van der Waals surface area (Å²) in [5, 5.41) is 8.51. The number of anilines is 2. The van der Waals surface area contributed by atoms with Crippen LogP contribution in [-0.4, -0.2) is 13.1 Å². The van der Waals surface area contributed by atoms with Gasteiger partial charge in [0.05, 0.1) is 0 Å². The lowest BCUT2D eigenvalue weighted by Crippen LogP contribution is -2.20. The van der Waals surface area contributed by atoms with Crippen molar-refractivity contribution < 1.29 is 0 Å². The van der Waals surface area contributed by atoms with Crippen LogP contribution in [0.15, 0.2) is 0 Å². The van der Waals surface area contributed by atoms with Gasteiger partial charge < -0.3 is 10.6 Å². The van der Waals surface area contributed by atoms with Gasteiger partial charge in [0.1, 0.15) is 0 Å². The Kier molecular flexibility index (Phi) is 12.9. The second-order valence-electron chi connectivity index (χ2n) is 14.2. The molecule has 0 amide bonds. The van der Waals surface area contributed by atoms with Crippen LogP contribution in [0.2, 0.25) is 0 Å². The van der Waals surface area contributed by atoms with E-state index in [1.54, 1.807) is 22.5 Å². The number of hydrogen-bond donors (Lipinski definition) is 2. The van der Waals surface area contributed by atoms with Gasteiger partial charge in [0.2, 0.25) is 0 Å². The van der Waals surface area contributed by atoms with Crippen molar-refractivity contribution in [3.63, 3.8) is 0 Å². The molecule has 2 heterocycles. The minimum Gasteiger partial charge on any atom is -0.385 e. The summed E-state index contributed by atoms with van der Waals surface area (Å²) >= 11 is 0. The van der Waals surface area contributed by atoms with Crippen LogP contribution in [0.1, 0.15) is 201 Å². The zero-order valence-corrected chi connectivity index (χ0v) is 26.4. The van der Waals surface area contributed by atoms with Crippen LogP contribution in [0, 0.1) is 0 Å². The first-order chi connectivity index (χ1) is 19.9. The molecule has 2 aliphatic carbocycles. The second-order valence-corrected chi connectivity index (χ2v) is 14.2. The Morgan fingerprint density at radius 2 is 0.625 bits per heavy atom. The van der Waals surface area contributed by atoms with Crippen molar-refractivity contribution in [2.45, 2.75) is 192 Å². The second kappa shape index (κ2) is 17.1. The first-order valence-electron chi connectivity index (χ1n) is 18.6. The number of nitrogens with one attached hydrogen (secondary N) is 2. The molecule has 0 spiro atoms. The summed E-state index contributed by atoms with van der Waals surface area (Å²) < 4.78 is 0. The van der Waals surface area contributed by atoms with Gasteiger partial charge in [-0.2, -0.15) is 0 Å². The summed E-state index contributed by atoms with van der Waals surface area (Å²) in [5.74, 6) is 1.52. The highest BCUT2D eigenvalue weighted by molar-refractivity contribution is 5.76. The summed E-state index contributed by atoms with van der Waals surface area (Å²) in [7, 11) is 0. The molecule has 2 heteroatoms. The van der Waals surface area contributed by atoms with Gasteiger partial charge in [-0.25, -0.2) is 0 Å². The molecule has 226 valence electrons. The van der Waals surface area contributed by atoms with E-state index < -0.39 is 0 Å². The van der Waals surface area contributed by atoms with Gasteiger partial charge >= 0.3 is 0 Å². The molecule has 2 nitrogen and oxygen atoms in total. The molecule has 1 aromatic rings. The van der Waals surface area contributed by atoms with Crippen LogP contribution in [0.3, 0.4) is 0 Å². The van der Waals surface area contributed by atoms with Crippen molar-refractivity contribution in [3.8, 4) is 0 Å². The van der Waals surface area contributed by atoms with Gasteiger partial charge in [0.25, 0.3) is 0 Å². The van der Waals surface area contributed by atoms with Crippen molar-refractivity contribution in [3.05, 3.63) is 22.3 Å². The number of benzene rings is 1. The lowest BCUT2D eigenvalue weighted by Gasteiger charge is -2.34. The Labute approximate surface area is 248 Å². The van der Waals surface area contributed by atoms with Crippen molar-refractivity contribution in [1.29, 1.82) is 0 Å². The highest BCUT2D eigenvalue weighted by Crippen LogP contribution is 2.49. The highest BCUT2D eigenvalue weighted by Gasteiger charge is 2.31. The molecule has 2 N–H and O–H groups in total. The molecular weight excluding hydrogens is 484 g/mol. The van der Waals surface area contributed by atoms with Crippen LogP contribution in [0.4, 0.5) is 11.4 Å². The Balaban J connectivity index is 1.68. The first kappa shape index (κ1) is 30.3. The summed E-state index contributed by atoms with van der Waals surface area (Å²) in [6.07, 6.45) is 39.7. The molecule has 5 rings (SSSR count). The zero-order valence-electron chi connectivity index (χ0n) is 26.4. The standard InChI is InChI=1S/C38H64N2/c1-2-8-16-24-31(23-15-7-1)35-33-27-19-11-5-6-13-21-29-39-37(33)36(32-25-17-9-3-4-10-18-26-32)34-28-20-12-14-22-30-40-38(34)35/h31-32,39-40H,1-30H2. The molecule has 0 unspecified atom stereocenters. The molecule has 2 saturated carbocycles. The monoisotopic (exact) mass is 549 g/mol. The van der Waals surface area contributed by atoms with Crippen molar-refractivity contribution in [2.24, 2.45) is 0 Å². The largest absolute Gasteiger partial charge is 0.385 e. The number of hydrogen-bond acceptors (Lipinski definition) is 2. The van der Waals surface area contributed by atoms with Gasteiger partial charge in [-0.05, 0) is 98.3 Å². The summed E-state index contributed by atoms with van der Waals surface area (Å²) in [6.45, 7) is 2.37. The predicted molar refractivity (Wildman–Crippen MR) is 176 cm³/mol. The normalized spacial score (nSPS) is 24.2. The third-order valence-corrected chi connectivity index (χ3v) is 11.1. The highest BCUT2D eigenvalue weighted by atomic mass is 14.9. The van der Waals surface area contributed by atoms with E-state index in [1.165, 1.54) is 193 Å². The molecule has 0 radical (unpaired) electrons. The quantitative estimate of drug-likeness (QED) is 0.384. The van der Waals surface area contributed by atoms with Gasteiger partial charge in [-0.3, -0.25) is 0 Å². The molecular formula is C38H64N2. The Morgan fingerprint density at radius 3 is 1.00 bits per heavy atom. The Bertz CT molecular complexity index is 784. The van der Waals surface area contributed by atoms with E-state index in [1.807, 2.05) is 11.1 Å². The first-order valence-corrected chi connectivity index (χ1v) is 18.6. The minimum atomic E-state index is 0.760. The van der Waals surface area contributed by atoms with Crippen molar-refractivity contribution in [2.75, 3.05) is 23.7 Å². The van der Waals surface area contributed by atoms with E-state index in [2.05, 4.69) is 10.6 Å². The summed E-state index contributed by atoms with van der Waals surface area (Å²) in [6, 6.07) is 0.